The van der Waals surface area contributed by atoms with Gasteiger partial charge in [-0.3, -0.25) is 19.3 Å². The molecule has 8 heteroatoms. The Morgan fingerprint density at radius 3 is 2.44 bits per heavy atom. The molecule has 1 aliphatic heterocycles. The summed E-state index contributed by atoms with van der Waals surface area (Å²) in [6, 6.07) is 8.75. The van der Waals surface area contributed by atoms with Crippen LogP contribution in [0.2, 0.25) is 0 Å². The van der Waals surface area contributed by atoms with Gasteiger partial charge >= 0.3 is 0 Å². The van der Waals surface area contributed by atoms with E-state index < -0.39 is 23.8 Å². The average molecular weight is 364 g/mol. The molecule has 0 saturated heterocycles. The van der Waals surface area contributed by atoms with E-state index in [0.29, 0.717) is 22.5 Å². The van der Waals surface area contributed by atoms with Crippen LogP contribution in [0.1, 0.15) is 33.3 Å². The van der Waals surface area contributed by atoms with Gasteiger partial charge in [-0.2, -0.15) is 0 Å². The van der Waals surface area contributed by atoms with Crippen LogP contribution in [0.25, 0.3) is 5.65 Å². The fourth-order valence-corrected chi connectivity index (χ4v) is 3.14. The van der Waals surface area contributed by atoms with Crippen molar-refractivity contribution in [1.29, 1.82) is 0 Å². The number of nitrogens with zero attached hydrogens (tertiary/aromatic N) is 3. The first-order valence-corrected chi connectivity index (χ1v) is 8.37. The maximum Gasteiger partial charge on any atom is 0.262 e. The van der Waals surface area contributed by atoms with Crippen LogP contribution in [0.5, 0.6) is 5.75 Å². The highest BCUT2D eigenvalue weighted by Gasteiger charge is 2.40. The first-order valence-electron chi connectivity index (χ1n) is 8.37. The standard InChI is InChI=1S/C19H16N4O4/c1-11(23-18(26)13-5-2-3-6-14(13)19(23)27)17(25)20-9-12-10-22-8-4-7-15(24)16(22)21-12/h2-8,10-11,24H,9H2,1H3,(H,20,25). The fourth-order valence-electron chi connectivity index (χ4n) is 3.14. The van der Waals surface area contributed by atoms with Gasteiger partial charge in [0.1, 0.15) is 6.04 Å². The molecule has 0 bridgehead atoms. The summed E-state index contributed by atoms with van der Waals surface area (Å²) in [4.78, 5) is 42.6. The number of hydrogen-bond donors (Lipinski definition) is 2. The lowest BCUT2D eigenvalue weighted by atomic mass is 10.1. The normalized spacial score (nSPS) is 14.5. The molecule has 1 aromatic carbocycles. The molecule has 0 radical (unpaired) electrons. The predicted octanol–water partition coefficient (Wildman–Crippen LogP) is 1.34. The molecule has 27 heavy (non-hydrogen) atoms. The van der Waals surface area contributed by atoms with E-state index >= 15 is 0 Å². The number of pyridine rings is 1. The molecule has 1 atom stereocenters. The van der Waals surface area contributed by atoms with Crippen LogP contribution in [0.15, 0.2) is 48.8 Å². The van der Waals surface area contributed by atoms with Gasteiger partial charge in [0.15, 0.2) is 11.4 Å². The summed E-state index contributed by atoms with van der Waals surface area (Å²) in [6.07, 6.45) is 3.41. The van der Waals surface area contributed by atoms with Gasteiger partial charge in [0.05, 0.1) is 23.4 Å². The number of carbonyl (C=O) groups is 3. The zero-order chi connectivity index (χ0) is 19.1. The summed E-state index contributed by atoms with van der Waals surface area (Å²) < 4.78 is 1.64. The first kappa shape index (κ1) is 16.8. The second-order valence-corrected chi connectivity index (χ2v) is 6.28. The van der Waals surface area contributed by atoms with Gasteiger partial charge in [-0.1, -0.05) is 12.1 Å². The zero-order valence-electron chi connectivity index (χ0n) is 14.4. The number of aromatic hydroxyl groups is 1. The number of imidazole rings is 1. The van der Waals surface area contributed by atoms with Gasteiger partial charge in [-0.25, -0.2) is 4.98 Å². The van der Waals surface area contributed by atoms with E-state index in [-0.39, 0.29) is 12.3 Å². The lowest BCUT2D eigenvalue weighted by Gasteiger charge is -2.21. The monoisotopic (exact) mass is 364 g/mol. The second kappa shape index (κ2) is 6.24. The van der Waals surface area contributed by atoms with Crippen LogP contribution in [0.4, 0.5) is 0 Å². The Hall–Kier alpha value is -3.68. The highest BCUT2D eigenvalue weighted by molar-refractivity contribution is 6.22. The summed E-state index contributed by atoms with van der Waals surface area (Å²) in [5, 5.41) is 12.5. The number of carbonyl (C=O) groups excluding carboxylic acids is 3. The van der Waals surface area contributed by atoms with Crippen molar-refractivity contribution >= 4 is 23.4 Å². The van der Waals surface area contributed by atoms with Crippen LogP contribution in [-0.4, -0.2) is 43.2 Å². The number of hydrogen-bond acceptors (Lipinski definition) is 5. The Labute approximate surface area is 154 Å². The Bertz CT molecular complexity index is 1050. The largest absolute Gasteiger partial charge is 0.504 e. The summed E-state index contributed by atoms with van der Waals surface area (Å²) in [5.41, 5.74) is 1.53. The molecule has 3 aromatic rings. The number of benzene rings is 1. The molecular formula is C19H16N4O4. The molecule has 2 aromatic heterocycles. The smallest absolute Gasteiger partial charge is 0.262 e. The van der Waals surface area contributed by atoms with Crippen molar-refractivity contribution in [1.82, 2.24) is 19.6 Å². The van der Waals surface area contributed by atoms with Crippen molar-refractivity contribution in [2.75, 3.05) is 0 Å². The minimum absolute atomic E-state index is 0.0365. The molecule has 8 nitrogen and oxygen atoms in total. The van der Waals surface area contributed by atoms with Crippen molar-refractivity contribution < 1.29 is 19.5 Å². The third-order valence-electron chi connectivity index (χ3n) is 4.55. The summed E-state index contributed by atoms with van der Waals surface area (Å²) in [6.45, 7) is 1.61. The Kier molecular flexibility index (Phi) is 3.88. The number of rotatable bonds is 4. The van der Waals surface area contributed by atoms with Gasteiger partial charge in [-0.15, -0.1) is 0 Å². The van der Waals surface area contributed by atoms with E-state index in [1.165, 1.54) is 13.0 Å². The molecule has 2 N–H and O–H groups in total. The zero-order valence-corrected chi connectivity index (χ0v) is 14.4. The molecule has 1 aliphatic rings. The maximum absolute atomic E-state index is 12.5. The molecule has 0 fully saturated rings. The van der Waals surface area contributed by atoms with Crippen LogP contribution in [-0.2, 0) is 11.3 Å². The molecule has 3 heterocycles. The van der Waals surface area contributed by atoms with Crippen molar-refractivity contribution in [2.45, 2.75) is 19.5 Å². The molecular weight excluding hydrogens is 348 g/mol. The van der Waals surface area contributed by atoms with Gasteiger partial charge in [0, 0.05) is 12.4 Å². The van der Waals surface area contributed by atoms with Crippen LogP contribution >= 0.6 is 0 Å². The van der Waals surface area contributed by atoms with E-state index in [1.54, 1.807) is 47.1 Å². The van der Waals surface area contributed by atoms with Gasteiger partial charge < -0.3 is 14.8 Å². The van der Waals surface area contributed by atoms with E-state index in [9.17, 15) is 19.5 Å². The lowest BCUT2D eigenvalue weighted by Crippen LogP contribution is -2.47. The molecule has 0 saturated carbocycles. The first-order chi connectivity index (χ1) is 13.0. The maximum atomic E-state index is 12.5. The molecule has 1 unspecified atom stereocenters. The molecule has 3 amide bonds. The highest BCUT2D eigenvalue weighted by atomic mass is 16.3. The molecule has 0 aliphatic carbocycles. The summed E-state index contributed by atoms with van der Waals surface area (Å²) in [7, 11) is 0. The number of aromatic nitrogens is 2. The molecule has 4 rings (SSSR count). The highest BCUT2D eigenvalue weighted by Crippen LogP contribution is 2.24. The lowest BCUT2D eigenvalue weighted by molar-refractivity contribution is -0.124. The quantitative estimate of drug-likeness (QED) is 0.680. The summed E-state index contributed by atoms with van der Waals surface area (Å²) >= 11 is 0. The van der Waals surface area contributed by atoms with Crippen molar-refractivity contribution in [3.63, 3.8) is 0 Å². The van der Waals surface area contributed by atoms with E-state index in [4.69, 9.17) is 0 Å². The third kappa shape index (κ3) is 2.71. The number of fused-ring (bicyclic) bond motifs is 2. The van der Waals surface area contributed by atoms with Gasteiger partial charge in [0.2, 0.25) is 5.91 Å². The predicted molar refractivity (Wildman–Crippen MR) is 95.1 cm³/mol. The SMILES string of the molecule is CC(C(=O)NCc1cn2cccc(O)c2n1)N1C(=O)c2ccccc2C1=O. The fraction of sp³-hybridized carbons (Fsp3) is 0.158. The van der Waals surface area contributed by atoms with Crippen LogP contribution in [0.3, 0.4) is 0 Å². The second-order valence-electron chi connectivity index (χ2n) is 6.28. The van der Waals surface area contributed by atoms with Crippen LogP contribution in [0, 0.1) is 0 Å². The molecule has 0 spiro atoms. The van der Waals surface area contributed by atoms with Crippen molar-refractivity contribution in [3.05, 3.63) is 65.6 Å². The molecule has 136 valence electrons. The Morgan fingerprint density at radius 2 is 1.81 bits per heavy atom. The minimum Gasteiger partial charge on any atom is -0.504 e. The third-order valence-corrected chi connectivity index (χ3v) is 4.55. The Balaban J connectivity index is 1.47. The van der Waals surface area contributed by atoms with E-state index in [0.717, 1.165) is 4.90 Å². The van der Waals surface area contributed by atoms with Crippen molar-refractivity contribution in [3.8, 4) is 5.75 Å². The Morgan fingerprint density at radius 1 is 1.15 bits per heavy atom. The van der Waals surface area contributed by atoms with Gasteiger partial charge in [-0.05, 0) is 31.2 Å². The number of imide groups is 1. The topological polar surface area (TPSA) is 104 Å². The van der Waals surface area contributed by atoms with Crippen LogP contribution < -0.4 is 5.32 Å². The van der Waals surface area contributed by atoms with E-state index in [2.05, 4.69) is 10.3 Å². The van der Waals surface area contributed by atoms with Crippen molar-refractivity contribution in [2.24, 2.45) is 0 Å². The summed E-state index contributed by atoms with van der Waals surface area (Å²) in [5.74, 6) is -1.38. The average Bonchev–Trinajstić information content (AvgIpc) is 3.20. The number of nitrogens with one attached hydrogen (secondary N) is 1. The number of amides is 3. The van der Waals surface area contributed by atoms with Gasteiger partial charge in [0.25, 0.3) is 11.8 Å². The van der Waals surface area contributed by atoms with E-state index in [1.807, 2.05) is 0 Å². The minimum atomic E-state index is -0.956.